The number of ether oxygens (including phenoxy) is 2. The standard InChI is InChI=1S/C28H36ClN3O3/c1-21-15-26(16-22(2)27(21)29)35-20-28(33)9-5-11-31(19-28)18-24-7-4-8-25(17-24)34-14-6-12-32-13-10-30-23(32)3/h4,7-8,10,13,15-17,33H,5-6,9,11-12,14,18-20H2,1-3H3/t28-/m0/s1. The van der Waals surface area contributed by atoms with Gasteiger partial charge >= 0.3 is 0 Å². The number of hydrogen-bond donors (Lipinski definition) is 1. The summed E-state index contributed by atoms with van der Waals surface area (Å²) < 4.78 is 14.1. The Morgan fingerprint density at radius 3 is 2.63 bits per heavy atom. The molecule has 0 saturated carbocycles. The van der Waals surface area contributed by atoms with Crippen LogP contribution in [-0.4, -0.2) is 51.5 Å². The Labute approximate surface area is 213 Å². The summed E-state index contributed by atoms with van der Waals surface area (Å²) in [7, 11) is 0. The average Bonchev–Trinajstić information content (AvgIpc) is 3.24. The number of β-amino-alcohol motifs (C(OH)–C–C–N with tert-alkyl or cyclic N) is 1. The molecule has 35 heavy (non-hydrogen) atoms. The minimum Gasteiger partial charge on any atom is -0.494 e. The van der Waals surface area contributed by atoms with Crippen molar-refractivity contribution in [3.05, 3.63) is 76.3 Å². The first-order valence-electron chi connectivity index (χ1n) is 12.4. The van der Waals surface area contributed by atoms with E-state index in [0.717, 1.165) is 72.4 Å². The van der Waals surface area contributed by atoms with Gasteiger partial charge < -0.3 is 19.1 Å². The van der Waals surface area contributed by atoms with Gasteiger partial charge in [0.2, 0.25) is 0 Å². The van der Waals surface area contributed by atoms with Gasteiger partial charge in [-0.1, -0.05) is 23.7 Å². The molecule has 0 spiro atoms. The van der Waals surface area contributed by atoms with Crippen LogP contribution in [-0.2, 0) is 13.1 Å². The van der Waals surface area contributed by atoms with E-state index in [2.05, 4.69) is 26.6 Å². The second-order valence-corrected chi connectivity index (χ2v) is 10.1. The second-order valence-electron chi connectivity index (χ2n) is 9.72. The Hall–Kier alpha value is -2.54. The summed E-state index contributed by atoms with van der Waals surface area (Å²) in [6.07, 6.45) is 6.41. The van der Waals surface area contributed by atoms with Crippen LogP contribution in [0.15, 0.2) is 48.8 Å². The lowest BCUT2D eigenvalue weighted by Gasteiger charge is -2.39. The lowest BCUT2D eigenvalue weighted by atomic mass is 9.93. The maximum absolute atomic E-state index is 11.2. The summed E-state index contributed by atoms with van der Waals surface area (Å²) in [6.45, 7) is 10.1. The number of nitrogens with zero attached hydrogens (tertiary/aromatic N) is 3. The Bertz CT molecular complexity index is 1110. The van der Waals surface area contributed by atoms with Gasteiger partial charge in [-0.05, 0) is 87.5 Å². The van der Waals surface area contributed by atoms with Crippen LogP contribution in [0.25, 0.3) is 0 Å². The number of piperidine rings is 1. The third kappa shape index (κ3) is 7.00. The Kier molecular flexibility index (Phi) is 8.37. The topological polar surface area (TPSA) is 59.8 Å². The molecule has 1 N–H and O–H groups in total. The van der Waals surface area contributed by atoms with Gasteiger partial charge in [-0.25, -0.2) is 4.98 Å². The van der Waals surface area contributed by atoms with E-state index in [1.807, 2.05) is 57.4 Å². The van der Waals surface area contributed by atoms with Crippen LogP contribution in [0, 0.1) is 20.8 Å². The molecular weight excluding hydrogens is 462 g/mol. The molecule has 3 aromatic rings. The fourth-order valence-electron chi connectivity index (χ4n) is 4.72. The van der Waals surface area contributed by atoms with E-state index < -0.39 is 5.60 Å². The van der Waals surface area contributed by atoms with Crippen molar-refractivity contribution in [1.29, 1.82) is 0 Å². The molecule has 1 saturated heterocycles. The van der Waals surface area contributed by atoms with Crippen molar-refractivity contribution >= 4 is 11.6 Å². The van der Waals surface area contributed by atoms with E-state index in [1.165, 1.54) is 5.56 Å². The Morgan fingerprint density at radius 1 is 1.09 bits per heavy atom. The van der Waals surface area contributed by atoms with Crippen molar-refractivity contribution in [1.82, 2.24) is 14.5 Å². The molecule has 188 valence electrons. The van der Waals surface area contributed by atoms with Crippen LogP contribution >= 0.6 is 11.6 Å². The quantitative estimate of drug-likeness (QED) is 0.383. The van der Waals surface area contributed by atoms with Gasteiger partial charge in [0.05, 0.1) is 6.61 Å². The highest BCUT2D eigenvalue weighted by Crippen LogP contribution is 2.28. The fraction of sp³-hybridized carbons (Fsp3) is 0.464. The summed E-state index contributed by atoms with van der Waals surface area (Å²) in [4.78, 5) is 6.55. The molecule has 2 heterocycles. The molecule has 4 rings (SSSR count). The molecule has 1 fully saturated rings. The summed E-state index contributed by atoms with van der Waals surface area (Å²) in [5.41, 5.74) is 2.28. The van der Waals surface area contributed by atoms with Crippen LogP contribution < -0.4 is 9.47 Å². The van der Waals surface area contributed by atoms with E-state index in [1.54, 1.807) is 0 Å². The van der Waals surface area contributed by atoms with Crippen LogP contribution in [0.1, 0.15) is 41.8 Å². The normalized spacial score (nSPS) is 18.5. The predicted octanol–water partition coefficient (Wildman–Crippen LogP) is 5.34. The van der Waals surface area contributed by atoms with Gasteiger partial charge in [-0.2, -0.15) is 0 Å². The van der Waals surface area contributed by atoms with Crippen molar-refractivity contribution in [2.24, 2.45) is 0 Å². The molecule has 0 aliphatic carbocycles. The monoisotopic (exact) mass is 497 g/mol. The molecule has 1 aliphatic rings. The summed E-state index contributed by atoms with van der Waals surface area (Å²) in [6, 6.07) is 12.1. The highest BCUT2D eigenvalue weighted by atomic mass is 35.5. The third-order valence-corrected chi connectivity index (χ3v) is 7.19. The number of benzene rings is 2. The number of aryl methyl sites for hydroxylation is 4. The third-order valence-electron chi connectivity index (χ3n) is 6.59. The van der Waals surface area contributed by atoms with Crippen molar-refractivity contribution < 1.29 is 14.6 Å². The lowest BCUT2D eigenvalue weighted by molar-refractivity contribution is -0.0621. The van der Waals surface area contributed by atoms with Gasteiger partial charge in [0, 0.05) is 37.1 Å². The molecule has 1 aliphatic heterocycles. The number of aromatic nitrogens is 2. The Morgan fingerprint density at radius 2 is 1.89 bits per heavy atom. The van der Waals surface area contributed by atoms with Crippen LogP contribution in [0.4, 0.5) is 0 Å². The van der Waals surface area contributed by atoms with E-state index in [9.17, 15) is 5.11 Å². The smallest absolute Gasteiger partial charge is 0.120 e. The molecule has 0 bridgehead atoms. The molecule has 7 heteroatoms. The summed E-state index contributed by atoms with van der Waals surface area (Å²) in [5, 5.41) is 12.0. The minimum absolute atomic E-state index is 0.267. The number of aliphatic hydroxyl groups is 1. The Balaban J connectivity index is 1.27. The molecule has 1 atom stereocenters. The number of imidazole rings is 1. The summed E-state index contributed by atoms with van der Waals surface area (Å²) in [5.74, 6) is 2.66. The number of likely N-dealkylation sites (tertiary alicyclic amines) is 1. The average molecular weight is 498 g/mol. The van der Waals surface area contributed by atoms with Crippen molar-refractivity contribution in [2.75, 3.05) is 26.3 Å². The van der Waals surface area contributed by atoms with Gasteiger partial charge in [-0.3, -0.25) is 4.90 Å². The van der Waals surface area contributed by atoms with Crippen LogP contribution in [0.3, 0.4) is 0 Å². The lowest BCUT2D eigenvalue weighted by Crippen LogP contribution is -2.51. The first-order valence-corrected chi connectivity index (χ1v) is 12.7. The predicted molar refractivity (Wildman–Crippen MR) is 139 cm³/mol. The molecule has 6 nitrogen and oxygen atoms in total. The number of rotatable bonds is 10. The van der Waals surface area contributed by atoms with Crippen molar-refractivity contribution in [3.8, 4) is 11.5 Å². The zero-order valence-electron chi connectivity index (χ0n) is 21.0. The first-order chi connectivity index (χ1) is 16.8. The first kappa shape index (κ1) is 25.5. The molecule has 1 aromatic heterocycles. The molecular formula is C28H36ClN3O3. The number of halogens is 1. The molecule has 0 unspecified atom stereocenters. The molecule has 0 radical (unpaired) electrons. The fourth-order valence-corrected chi connectivity index (χ4v) is 4.83. The zero-order chi connectivity index (χ0) is 24.8. The maximum atomic E-state index is 11.2. The zero-order valence-corrected chi connectivity index (χ0v) is 21.7. The SMILES string of the molecule is Cc1cc(OC[C@]2(O)CCCN(Cc3cccc(OCCCn4ccnc4C)c3)C2)cc(C)c1Cl. The van der Waals surface area contributed by atoms with Crippen molar-refractivity contribution in [3.63, 3.8) is 0 Å². The van der Waals surface area contributed by atoms with E-state index in [-0.39, 0.29) is 6.61 Å². The van der Waals surface area contributed by atoms with Gasteiger partial charge in [-0.15, -0.1) is 0 Å². The van der Waals surface area contributed by atoms with Gasteiger partial charge in [0.1, 0.15) is 29.5 Å². The molecule has 0 amide bonds. The van der Waals surface area contributed by atoms with Gasteiger partial charge in [0.25, 0.3) is 0 Å². The van der Waals surface area contributed by atoms with E-state index in [4.69, 9.17) is 21.1 Å². The highest BCUT2D eigenvalue weighted by molar-refractivity contribution is 6.32. The van der Waals surface area contributed by atoms with Gasteiger partial charge in [0.15, 0.2) is 0 Å². The van der Waals surface area contributed by atoms with E-state index in [0.29, 0.717) is 13.2 Å². The van der Waals surface area contributed by atoms with Crippen molar-refractivity contribution in [2.45, 2.75) is 58.7 Å². The minimum atomic E-state index is -0.876. The molecule has 2 aromatic carbocycles. The van der Waals surface area contributed by atoms with E-state index >= 15 is 0 Å². The maximum Gasteiger partial charge on any atom is 0.120 e. The van der Waals surface area contributed by atoms with Crippen LogP contribution in [0.2, 0.25) is 5.02 Å². The van der Waals surface area contributed by atoms with Crippen LogP contribution in [0.5, 0.6) is 11.5 Å². The largest absolute Gasteiger partial charge is 0.494 e. The summed E-state index contributed by atoms with van der Waals surface area (Å²) >= 11 is 6.27. The number of hydrogen-bond acceptors (Lipinski definition) is 5. The second kappa shape index (κ2) is 11.5. The highest BCUT2D eigenvalue weighted by Gasteiger charge is 2.34.